The van der Waals surface area contributed by atoms with Crippen molar-refractivity contribution in [2.45, 2.75) is 19.4 Å². The van der Waals surface area contributed by atoms with Crippen LogP contribution in [-0.2, 0) is 11.3 Å². The zero-order valence-corrected chi connectivity index (χ0v) is 16.2. The molecule has 3 aromatic rings. The Morgan fingerprint density at radius 3 is 2.62 bits per heavy atom. The highest BCUT2D eigenvalue weighted by Crippen LogP contribution is 2.23. The van der Waals surface area contributed by atoms with Crippen LogP contribution in [0.5, 0.6) is 0 Å². The predicted octanol–water partition coefficient (Wildman–Crippen LogP) is 3.43. The van der Waals surface area contributed by atoms with Gasteiger partial charge in [0.25, 0.3) is 0 Å². The Balaban J connectivity index is 1.32. The Labute approximate surface area is 169 Å². The molecule has 0 saturated carbocycles. The summed E-state index contributed by atoms with van der Waals surface area (Å²) >= 11 is 0. The summed E-state index contributed by atoms with van der Waals surface area (Å²) in [7, 11) is 0. The molecule has 1 saturated heterocycles. The minimum absolute atomic E-state index is 0.0208. The fourth-order valence-corrected chi connectivity index (χ4v) is 3.73. The van der Waals surface area contributed by atoms with Crippen molar-refractivity contribution in [3.8, 4) is 11.1 Å². The number of hydrogen-bond acceptors (Lipinski definition) is 4. The molecule has 1 amide bonds. The van der Waals surface area contributed by atoms with Crippen molar-refractivity contribution < 1.29 is 9.18 Å². The van der Waals surface area contributed by atoms with Crippen molar-refractivity contribution in [2.24, 2.45) is 5.92 Å². The number of carbonyl (C=O) groups is 1. The molecule has 0 aliphatic carbocycles. The second-order valence-electron chi connectivity index (χ2n) is 7.42. The summed E-state index contributed by atoms with van der Waals surface area (Å²) in [6, 6.07) is 14.0. The molecule has 6 nitrogen and oxygen atoms in total. The lowest BCUT2D eigenvalue weighted by molar-refractivity contribution is -0.121. The highest BCUT2D eigenvalue weighted by Gasteiger charge is 2.25. The van der Waals surface area contributed by atoms with E-state index in [1.807, 2.05) is 34.9 Å². The summed E-state index contributed by atoms with van der Waals surface area (Å²) in [6.07, 6.45) is 5.33. The van der Waals surface area contributed by atoms with Gasteiger partial charge in [-0.15, -0.1) is 10.2 Å². The Bertz CT molecular complexity index is 942. The minimum Gasteiger partial charge on any atom is -0.326 e. The van der Waals surface area contributed by atoms with Crippen LogP contribution < -0.4 is 5.32 Å². The number of anilines is 1. The molecule has 0 bridgehead atoms. The van der Waals surface area contributed by atoms with Gasteiger partial charge >= 0.3 is 0 Å². The zero-order valence-electron chi connectivity index (χ0n) is 16.2. The van der Waals surface area contributed by atoms with Crippen LogP contribution in [0.1, 0.15) is 12.8 Å². The van der Waals surface area contributed by atoms with Crippen molar-refractivity contribution in [3.63, 3.8) is 0 Å². The first-order valence-corrected chi connectivity index (χ1v) is 9.89. The monoisotopic (exact) mass is 393 g/mol. The molecule has 7 heteroatoms. The van der Waals surface area contributed by atoms with Crippen molar-refractivity contribution in [2.75, 3.05) is 25.0 Å². The van der Waals surface area contributed by atoms with E-state index >= 15 is 0 Å². The number of aromatic nitrogens is 3. The van der Waals surface area contributed by atoms with Gasteiger partial charge in [0.05, 0.1) is 5.92 Å². The van der Waals surface area contributed by atoms with Gasteiger partial charge in [0.15, 0.2) is 0 Å². The van der Waals surface area contributed by atoms with E-state index in [9.17, 15) is 9.18 Å². The molecule has 0 unspecified atom stereocenters. The van der Waals surface area contributed by atoms with Crippen LogP contribution >= 0.6 is 0 Å². The third-order valence-electron chi connectivity index (χ3n) is 5.33. The van der Waals surface area contributed by atoms with Crippen molar-refractivity contribution in [1.29, 1.82) is 0 Å². The largest absolute Gasteiger partial charge is 0.326 e. The Kier molecular flexibility index (Phi) is 5.95. The summed E-state index contributed by atoms with van der Waals surface area (Å²) in [4.78, 5) is 15.1. The Morgan fingerprint density at radius 2 is 1.86 bits per heavy atom. The molecule has 1 atom stereocenters. The number of benzene rings is 2. The summed E-state index contributed by atoms with van der Waals surface area (Å²) in [5, 5.41) is 10.7. The lowest BCUT2D eigenvalue weighted by Crippen LogP contribution is -2.41. The van der Waals surface area contributed by atoms with Gasteiger partial charge in [-0.2, -0.15) is 0 Å². The fourth-order valence-electron chi connectivity index (χ4n) is 3.73. The van der Waals surface area contributed by atoms with E-state index in [1.54, 1.807) is 18.7 Å². The number of halogens is 1. The average Bonchev–Trinajstić information content (AvgIpc) is 3.27. The van der Waals surface area contributed by atoms with Crippen LogP contribution in [0, 0.1) is 11.7 Å². The highest BCUT2D eigenvalue weighted by atomic mass is 19.1. The summed E-state index contributed by atoms with van der Waals surface area (Å²) in [5.41, 5.74) is 2.50. The highest BCUT2D eigenvalue weighted by molar-refractivity contribution is 5.93. The van der Waals surface area contributed by atoms with Gasteiger partial charge in [-0.3, -0.25) is 4.79 Å². The number of carbonyl (C=O) groups excluding carboxylic acids is 1. The van der Waals surface area contributed by atoms with Crippen LogP contribution in [0.2, 0.25) is 0 Å². The molecular weight excluding hydrogens is 369 g/mol. The first-order chi connectivity index (χ1) is 14.2. The number of piperidine rings is 1. The van der Waals surface area contributed by atoms with E-state index in [4.69, 9.17) is 0 Å². The number of nitrogens with one attached hydrogen (secondary N) is 1. The van der Waals surface area contributed by atoms with E-state index in [2.05, 4.69) is 20.4 Å². The maximum absolute atomic E-state index is 13.4. The fraction of sp³-hybridized carbons (Fsp3) is 0.318. The summed E-state index contributed by atoms with van der Waals surface area (Å²) in [5.74, 6) is -0.226. The summed E-state index contributed by atoms with van der Waals surface area (Å²) in [6.45, 7) is 3.47. The molecule has 4 rings (SSSR count). The van der Waals surface area contributed by atoms with Crippen molar-refractivity contribution in [3.05, 3.63) is 67.0 Å². The van der Waals surface area contributed by atoms with E-state index in [-0.39, 0.29) is 17.6 Å². The van der Waals surface area contributed by atoms with Crippen LogP contribution in [0.4, 0.5) is 10.1 Å². The van der Waals surface area contributed by atoms with Gasteiger partial charge in [-0.25, -0.2) is 4.39 Å². The number of hydrogen-bond donors (Lipinski definition) is 1. The van der Waals surface area contributed by atoms with Gasteiger partial charge in [0, 0.05) is 25.3 Å². The molecule has 1 N–H and O–H groups in total. The van der Waals surface area contributed by atoms with Gasteiger partial charge in [-0.05, 0) is 54.8 Å². The molecule has 150 valence electrons. The first-order valence-electron chi connectivity index (χ1n) is 9.89. The van der Waals surface area contributed by atoms with Gasteiger partial charge in [-0.1, -0.05) is 24.3 Å². The zero-order chi connectivity index (χ0) is 20.1. The number of amides is 1. The van der Waals surface area contributed by atoms with Gasteiger partial charge in [0.1, 0.15) is 18.5 Å². The van der Waals surface area contributed by atoms with E-state index in [0.717, 1.165) is 55.8 Å². The normalized spacial score (nSPS) is 17.2. The van der Waals surface area contributed by atoms with Crippen LogP contribution in [0.3, 0.4) is 0 Å². The smallest absolute Gasteiger partial charge is 0.228 e. The molecule has 0 radical (unpaired) electrons. The van der Waals surface area contributed by atoms with Crippen molar-refractivity contribution >= 4 is 11.6 Å². The topological polar surface area (TPSA) is 63.1 Å². The molecular formula is C22H24FN5O. The molecule has 2 heterocycles. The molecule has 1 fully saturated rings. The lowest BCUT2D eigenvalue weighted by atomic mass is 9.97. The quantitative estimate of drug-likeness (QED) is 0.697. The van der Waals surface area contributed by atoms with Gasteiger partial charge in [0.2, 0.25) is 5.91 Å². The molecule has 0 spiro atoms. The van der Waals surface area contributed by atoms with Crippen LogP contribution in [0.15, 0.2) is 61.2 Å². The lowest BCUT2D eigenvalue weighted by Gasteiger charge is -2.32. The molecule has 1 aromatic heterocycles. The standard InChI is InChI=1S/C22H24FN5O/c23-20-5-1-3-18(13-20)17-6-8-21(9-7-17)26-22(29)19-4-2-10-27(14-19)11-12-28-15-24-25-16-28/h1,3,5-9,13,15-16,19H,2,4,10-12,14H2,(H,26,29)/t19-/m1/s1. The summed E-state index contributed by atoms with van der Waals surface area (Å²) < 4.78 is 15.4. The average molecular weight is 393 g/mol. The Morgan fingerprint density at radius 1 is 1.07 bits per heavy atom. The minimum atomic E-state index is -0.258. The predicted molar refractivity (Wildman–Crippen MR) is 110 cm³/mol. The maximum Gasteiger partial charge on any atom is 0.228 e. The Hall–Kier alpha value is -3.06. The number of nitrogens with zero attached hydrogens (tertiary/aromatic N) is 4. The van der Waals surface area contributed by atoms with E-state index in [0.29, 0.717) is 0 Å². The number of likely N-dealkylation sites (tertiary alicyclic amines) is 1. The van der Waals surface area contributed by atoms with Crippen LogP contribution in [-0.4, -0.2) is 45.2 Å². The van der Waals surface area contributed by atoms with Gasteiger partial charge < -0.3 is 14.8 Å². The second kappa shape index (κ2) is 8.96. The molecule has 1 aliphatic heterocycles. The molecule has 29 heavy (non-hydrogen) atoms. The molecule has 2 aromatic carbocycles. The van der Waals surface area contributed by atoms with E-state index < -0.39 is 0 Å². The van der Waals surface area contributed by atoms with Crippen LogP contribution in [0.25, 0.3) is 11.1 Å². The molecule has 1 aliphatic rings. The third-order valence-corrected chi connectivity index (χ3v) is 5.33. The number of rotatable bonds is 6. The first kappa shape index (κ1) is 19.3. The SMILES string of the molecule is O=C(Nc1ccc(-c2cccc(F)c2)cc1)[C@@H]1CCCN(CCn2cnnc2)C1. The van der Waals surface area contributed by atoms with E-state index in [1.165, 1.54) is 12.1 Å². The second-order valence-corrected chi connectivity index (χ2v) is 7.42. The third kappa shape index (κ3) is 5.06. The maximum atomic E-state index is 13.4. The van der Waals surface area contributed by atoms with Crippen molar-refractivity contribution in [1.82, 2.24) is 19.7 Å².